The molecular formula is C12H8ClN3OS. The highest BCUT2D eigenvalue weighted by Crippen LogP contribution is 2.13. The first-order valence-electron chi connectivity index (χ1n) is 5.29. The fourth-order valence-electron chi connectivity index (χ4n) is 1.72. The molecule has 0 unspecified atom stereocenters. The van der Waals surface area contributed by atoms with E-state index in [4.69, 9.17) is 11.6 Å². The predicted octanol–water partition coefficient (Wildman–Crippen LogP) is 2.55. The Morgan fingerprint density at radius 2 is 2.22 bits per heavy atom. The standard InChI is InChI=1S/C12H8ClN3OS/c13-10-3-1-2-8(4-10)7-16-12(17)11-9(5-14-16)6-15-18-11/h1-6H,7H2. The van der Waals surface area contributed by atoms with Crippen molar-refractivity contribution in [3.63, 3.8) is 0 Å². The van der Waals surface area contributed by atoms with E-state index in [1.807, 2.05) is 18.2 Å². The van der Waals surface area contributed by atoms with Gasteiger partial charge in [-0.05, 0) is 29.2 Å². The average molecular weight is 278 g/mol. The maximum absolute atomic E-state index is 12.1. The Morgan fingerprint density at radius 3 is 3.06 bits per heavy atom. The molecule has 4 nitrogen and oxygen atoms in total. The molecule has 1 aromatic carbocycles. The number of fused-ring (bicyclic) bond motifs is 1. The minimum atomic E-state index is -0.116. The lowest BCUT2D eigenvalue weighted by atomic mass is 10.2. The minimum absolute atomic E-state index is 0.116. The van der Waals surface area contributed by atoms with E-state index in [1.54, 1.807) is 18.5 Å². The molecule has 6 heteroatoms. The predicted molar refractivity (Wildman–Crippen MR) is 72.2 cm³/mol. The first kappa shape index (κ1) is 11.4. The van der Waals surface area contributed by atoms with Crippen LogP contribution in [0, 0.1) is 0 Å². The van der Waals surface area contributed by atoms with Gasteiger partial charge in [-0.3, -0.25) is 4.79 Å². The quantitative estimate of drug-likeness (QED) is 0.723. The van der Waals surface area contributed by atoms with Crippen molar-refractivity contribution in [3.05, 3.63) is 57.6 Å². The number of halogens is 1. The second kappa shape index (κ2) is 4.51. The fourth-order valence-corrected chi connectivity index (χ4v) is 2.60. The van der Waals surface area contributed by atoms with Crippen LogP contribution in [-0.2, 0) is 6.54 Å². The number of aromatic nitrogens is 3. The van der Waals surface area contributed by atoms with Gasteiger partial charge in [-0.25, -0.2) is 4.68 Å². The number of nitrogens with zero attached hydrogens (tertiary/aromatic N) is 3. The van der Waals surface area contributed by atoms with Gasteiger partial charge in [-0.2, -0.15) is 9.47 Å². The Hall–Kier alpha value is -1.72. The lowest BCUT2D eigenvalue weighted by Gasteiger charge is -2.04. The van der Waals surface area contributed by atoms with Gasteiger partial charge < -0.3 is 0 Å². The zero-order chi connectivity index (χ0) is 12.5. The summed E-state index contributed by atoms with van der Waals surface area (Å²) < 4.78 is 6.05. The molecule has 0 spiro atoms. The van der Waals surface area contributed by atoms with E-state index < -0.39 is 0 Å². The molecule has 2 heterocycles. The summed E-state index contributed by atoms with van der Waals surface area (Å²) in [5.74, 6) is 0. The molecule has 0 bridgehead atoms. The summed E-state index contributed by atoms with van der Waals surface area (Å²) >= 11 is 7.11. The number of benzene rings is 1. The highest BCUT2D eigenvalue weighted by molar-refractivity contribution is 7.13. The molecule has 3 aromatic rings. The monoisotopic (exact) mass is 277 g/mol. The molecule has 0 amide bonds. The lowest BCUT2D eigenvalue weighted by Crippen LogP contribution is -2.22. The summed E-state index contributed by atoms with van der Waals surface area (Å²) in [5, 5.41) is 5.57. The van der Waals surface area contributed by atoms with Crippen molar-refractivity contribution < 1.29 is 0 Å². The Labute approximate surface area is 112 Å². The van der Waals surface area contributed by atoms with Crippen molar-refractivity contribution >= 4 is 33.2 Å². The Balaban J connectivity index is 2.05. The molecule has 0 fully saturated rings. The minimum Gasteiger partial charge on any atom is -0.266 e. The summed E-state index contributed by atoms with van der Waals surface area (Å²) in [6.45, 7) is 0.410. The highest BCUT2D eigenvalue weighted by atomic mass is 35.5. The van der Waals surface area contributed by atoms with Gasteiger partial charge in [0.2, 0.25) is 0 Å². The molecular weight excluding hydrogens is 270 g/mol. The summed E-state index contributed by atoms with van der Waals surface area (Å²) in [6.07, 6.45) is 3.31. The van der Waals surface area contributed by atoms with Crippen LogP contribution in [0.25, 0.3) is 10.1 Å². The van der Waals surface area contributed by atoms with Crippen LogP contribution >= 0.6 is 23.1 Å². The normalized spacial score (nSPS) is 10.9. The van der Waals surface area contributed by atoms with E-state index in [2.05, 4.69) is 9.47 Å². The van der Waals surface area contributed by atoms with Crippen LogP contribution in [0.5, 0.6) is 0 Å². The Kier molecular flexibility index (Phi) is 2.85. The van der Waals surface area contributed by atoms with E-state index >= 15 is 0 Å². The number of hydrogen-bond donors (Lipinski definition) is 0. The molecule has 0 saturated heterocycles. The van der Waals surface area contributed by atoms with Gasteiger partial charge in [-0.1, -0.05) is 23.7 Å². The fraction of sp³-hybridized carbons (Fsp3) is 0.0833. The van der Waals surface area contributed by atoms with Crippen LogP contribution < -0.4 is 5.56 Å². The van der Waals surface area contributed by atoms with Crippen molar-refractivity contribution in [3.8, 4) is 0 Å². The summed E-state index contributed by atoms with van der Waals surface area (Å²) in [7, 11) is 0. The van der Waals surface area contributed by atoms with Gasteiger partial charge in [0.05, 0.1) is 18.9 Å². The van der Waals surface area contributed by atoms with Gasteiger partial charge in [0, 0.05) is 10.4 Å². The van der Waals surface area contributed by atoms with Gasteiger partial charge >= 0.3 is 0 Å². The summed E-state index contributed by atoms with van der Waals surface area (Å²) in [5.41, 5.74) is 0.830. The summed E-state index contributed by atoms with van der Waals surface area (Å²) in [6, 6.07) is 7.39. The third-order valence-corrected chi connectivity index (χ3v) is 3.62. The molecule has 0 radical (unpaired) electrons. The van der Waals surface area contributed by atoms with Crippen molar-refractivity contribution in [1.82, 2.24) is 14.2 Å². The molecule has 0 saturated carbocycles. The topological polar surface area (TPSA) is 47.8 Å². The first-order valence-corrected chi connectivity index (χ1v) is 6.44. The van der Waals surface area contributed by atoms with Crippen LogP contribution in [0.4, 0.5) is 0 Å². The van der Waals surface area contributed by atoms with Crippen LogP contribution in [0.2, 0.25) is 5.02 Å². The maximum atomic E-state index is 12.1. The van der Waals surface area contributed by atoms with Crippen LogP contribution in [0.15, 0.2) is 41.5 Å². The van der Waals surface area contributed by atoms with Crippen LogP contribution in [0.1, 0.15) is 5.56 Å². The second-order valence-electron chi connectivity index (χ2n) is 3.85. The molecule has 0 N–H and O–H groups in total. The molecule has 0 aliphatic heterocycles. The van der Waals surface area contributed by atoms with E-state index in [9.17, 15) is 4.79 Å². The van der Waals surface area contributed by atoms with Gasteiger partial charge in [0.1, 0.15) is 4.70 Å². The Bertz CT molecular complexity index is 765. The van der Waals surface area contributed by atoms with E-state index in [0.29, 0.717) is 16.3 Å². The van der Waals surface area contributed by atoms with Crippen molar-refractivity contribution in [2.75, 3.05) is 0 Å². The van der Waals surface area contributed by atoms with Gasteiger partial charge in [0.15, 0.2) is 0 Å². The number of rotatable bonds is 2. The van der Waals surface area contributed by atoms with Crippen molar-refractivity contribution in [2.24, 2.45) is 0 Å². The molecule has 3 rings (SSSR count). The molecule has 0 aliphatic rings. The smallest absolute Gasteiger partial charge is 0.266 e. The molecule has 0 aliphatic carbocycles. The van der Waals surface area contributed by atoms with Crippen LogP contribution in [0.3, 0.4) is 0 Å². The molecule has 90 valence electrons. The third-order valence-electron chi connectivity index (χ3n) is 2.58. The average Bonchev–Trinajstić information content (AvgIpc) is 2.82. The van der Waals surface area contributed by atoms with Gasteiger partial charge in [0.25, 0.3) is 5.56 Å². The third kappa shape index (κ3) is 2.02. The molecule has 18 heavy (non-hydrogen) atoms. The Morgan fingerprint density at radius 1 is 1.33 bits per heavy atom. The number of hydrogen-bond acceptors (Lipinski definition) is 4. The molecule has 0 atom stereocenters. The zero-order valence-electron chi connectivity index (χ0n) is 9.21. The first-order chi connectivity index (χ1) is 8.74. The van der Waals surface area contributed by atoms with E-state index in [1.165, 1.54) is 16.2 Å². The zero-order valence-corrected chi connectivity index (χ0v) is 10.8. The second-order valence-corrected chi connectivity index (χ2v) is 5.09. The SMILES string of the molecule is O=c1c2sncc2cnn1Cc1cccc(Cl)c1. The summed E-state index contributed by atoms with van der Waals surface area (Å²) in [4.78, 5) is 12.1. The van der Waals surface area contributed by atoms with E-state index in [-0.39, 0.29) is 5.56 Å². The van der Waals surface area contributed by atoms with Crippen molar-refractivity contribution in [2.45, 2.75) is 6.54 Å². The van der Waals surface area contributed by atoms with Gasteiger partial charge in [-0.15, -0.1) is 0 Å². The lowest BCUT2D eigenvalue weighted by molar-refractivity contribution is 0.648. The largest absolute Gasteiger partial charge is 0.286 e. The van der Waals surface area contributed by atoms with Crippen molar-refractivity contribution in [1.29, 1.82) is 0 Å². The van der Waals surface area contributed by atoms with E-state index in [0.717, 1.165) is 10.9 Å². The molecule has 2 aromatic heterocycles. The van der Waals surface area contributed by atoms with Crippen LogP contribution in [-0.4, -0.2) is 14.2 Å². The highest BCUT2D eigenvalue weighted by Gasteiger charge is 2.06. The maximum Gasteiger partial charge on any atom is 0.286 e.